The van der Waals surface area contributed by atoms with Crippen LogP contribution in [0.25, 0.3) is 0 Å². The molecule has 0 saturated carbocycles. The minimum absolute atomic E-state index is 0.0465. The highest BCUT2D eigenvalue weighted by Crippen LogP contribution is 2.26. The van der Waals surface area contributed by atoms with E-state index >= 15 is 0 Å². The van der Waals surface area contributed by atoms with Crippen LogP contribution in [0, 0.1) is 6.92 Å². The number of aryl methyl sites for hydroxylation is 1. The molecule has 0 unspecified atom stereocenters. The molecule has 184 valence electrons. The Morgan fingerprint density at radius 1 is 0.971 bits per heavy atom. The summed E-state index contributed by atoms with van der Waals surface area (Å²) < 4.78 is 0. The van der Waals surface area contributed by atoms with Gasteiger partial charge in [-0.3, -0.25) is 14.9 Å². The lowest BCUT2D eigenvalue weighted by atomic mass is 9.90. The summed E-state index contributed by atoms with van der Waals surface area (Å²) in [6.45, 7) is 2.60. The van der Waals surface area contributed by atoms with Gasteiger partial charge < -0.3 is 15.7 Å². The van der Waals surface area contributed by atoms with E-state index in [1.165, 1.54) is 0 Å². The molecule has 0 fully saturated rings. The van der Waals surface area contributed by atoms with Crippen LogP contribution >= 0.6 is 11.3 Å². The molecule has 9 heteroatoms. The predicted molar refractivity (Wildman–Crippen MR) is 137 cm³/mol. The number of anilines is 1. The fourth-order valence-corrected chi connectivity index (χ4v) is 4.58. The van der Waals surface area contributed by atoms with Gasteiger partial charge in [-0.05, 0) is 36.8 Å². The molecule has 3 aromatic rings. The molecule has 1 heterocycles. The van der Waals surface area contributed by atoms with E-state index in [1.807, 2.05) is 60.7 Å². The number of carbonyl (C=O) groups excluding carboxylic acids is 2. The number of carbonyl (C=O) groups is 3. The molecule has 0 aliphatic heterocycles. The first-order valence-corrected chi connectivity index (χ1v) is 12.3. The number of nitrogens with one attached hydrogen (secondary N) is 3. The second-order valence-corrected chi connectivity index (χ2v) is 9.18. The molecular formula is C26H30N4O4S. The van der Waals surface area contributed by atoms with Crippen LogP contribution in [0.2, 0.25) is 0 Å². The van der Waals surface area contributed by atoms with Gasteiger partial charge in [0.1, 0.15) is 4.88 Å². The van der Waals surface area contributed by atoms with E-state index in [4.69, 9.17) is 0 Å². The number of rotatable bonds is 12. The van der Waals surface area contributed by atoms with Crippen molar-refractivity contribution in [3.05, 3.63) is 82.4 Å². The third-order valence-corrected chi connectivity index (χ3v) is 6.55. The Labute approximate surface area is 208 Å². The average Bonchev–Trinajstić information content (AvgIpc) is 3.22. The molecule has 4 N–H and O–H groups in total. The van der Waals surface area contributed by atoms with Gasteiger partial charge in [-0.25, -0.2) is 9.78 Å². The molecular weight excluding hydrogens is 464 g/mol. The molecule has 3 rings (SSSR count). The van der Waals surface area contributed by atoms with Crippen LogP contribution < -0.4 is 16.0 Å². The summed E-state index contributed by atoms with van der Waals surface area (Å²) in [7, 11) is 0. The molecule has 0 aliphatic rings. The second-order valence-electron chi connectivity index (χ2n) is 8.18. The van der Waals surface area contributed by atoms with Crippen LogP contribution in [0.5, 0.6) is 0 Å². The molecule has 0 aliphatic carbocycles. The number of unbranched alkanes of at least 4 members (excludes halogenated alkanes) is 1. The van der Waals surface area contributed by atoms with Gasteiger partial charge in [0.15, 0.2) is 5.13 Å². The molecule has 0 spiro atoms. The number of carboxylic acids is 1. The molecule has 3 amide bonds. The van der Waals surface area contributed by atoms with E-state index in [0.717, 1.165) is 41.7 Å². The van der Waals surface area contributed by atoms with Crippen molar-refractivity contribution in [2.45, 2.75) is 45.1 Å². The molecule has 0 radical (unpaired) electrons. The highest BCUT2D eigenvalue weighted by molar-refractivity contribution is 7.17. The fraction of sp³-hybridized carbons (Fsp3) is 0.308. The van der Waals surface area contributed by atoms with Crippen molar-refractivity contribution in [1.82, 2.24) is 15.6 Å². The van der Waals surface area contributed by atoms with Crippen molar-refractivity contribution >= 4 is 34.4 Å². The highest BCUT2D eigenvalue weighted by Gasteiger charge is 2.17. The first-order chi connectivity index (χ1) is 16.9. The van der Waals surface area contributed by atoms with E-state index in [2.05, 4.69) is 20.9 Å². The topological polar surface area (TPSA) is 120 Å². The number of aromatic nitrogens is 1. The van der Waals surface area contributed by atoms with Crippen molar-refractivity contribution in [3.63, 3.8) is 0 Å². The number of thiazole rings is 1. The summed E-state index contributed by atoms with van der Waals surface area (Å²) >= 11 is 1.13. The quantitative estimate of drug-likeness (QED) is 0.266. The Bertz CT molecular complexity index is 1120. The van der Waals surface area contributed by atoms with Gasteiger partial charge in [0.25, 0.3) is 5.91 Å². The number of benzene rings is 2. The first-order valence-electron chi connectivity index (χ1n) is 11.5. The van der Waals surface area contributed by atoms with Crippen LogP contribution in [0.1, 0.15) is 58.1 Å². The maximum Gasteiger partial charge on any atom is 0.321 e. The minimum Gasteiger partial charge on any atom is -0.481 e. The number of carboxylic acid groups (broad SMARTS) is 1. The Morgan fingerprint density at radius 2 is 1.66 bits per heavy atom. The van der Waals surface area contributed by atoms with E-state index in [0.29, 0.717) is 28.8 Å². The summed E-state index contributed by atoms with van der Waals surface area (Å²) in [6, 6.07) is 18.8. The van der Waals surface area contributed by atoms with Crippen molar-refractivity contribution in [2.24, 2.45) is 0 Å². The third kappa shape index (κ3) is 8.53. The Balaban J connectivity index is 1.42. The summed E-state index contributed by atoms with van der Waals surface area (Å²) in [5.41, 5.74) is 2.56. The molecule has 35 heavy (non-hydrogen) atoms. The lowest BCUT2D eigenvalue weighted by Crippen LogP contribution is -2.28. The number of amides is 3. The van der Waals surface area contributed by atoms with E-state index in [9.17, 15) is 19.5 Å². The second kappa shape index (κ2) is 13.2. The highest BCUT2D eigenvalue weighted by atomic mass is 32.1. The summed E-state index contributed by atoms with van der Waals surface area (Å²) in [4.78, 5) is 40.7. The van der Waals surface area contributed by atoms with Crippen molar-refractivity contribution in [1.29, 1.82) is 0 Å². The number of hydrogen-bond acceptors (Lipinski definition) is 5. The van der Waals surface area contributed by atoms with Crippen LogP contribution in [0.15, 0.2) is 60.7 Å². The van der Waals surface area contributed by atoms with E-state index in [1.54, 1.807) is 6.92 Å². The van der Waals surface area contributed by atoms with Crippen LogP contribution in [-0.4, -0.2) is 34.5 Å². The van der Waals surface area contributed by atoms with Gasteiger partial charge in [-0.15, -0.1) is 0 Å². The largest absolute Gasteiger partial charge is 0.481 e. The van der Waals surface area contributed by atoms with Gasteiger partial charge in [0, 0.05) is 13.1 Å². The maximum absolute atomic E-state index is 12.6. The Morgan fingerprint density at radius 3 is 2.34 bits per heavy atom. The van der Waals surface area contributed by atoms with Gasteiger partial charge in [0.05, 0.1) is 12.1 Å². The Kier molecular flexibility index (Phi) is 9.80. The third-order valence-electron chi connectivity index (χ3n) is 5.48. The standard InChI is InChI=1S/C26H30N4O4S/c1-18-23(35-26(29-18)30-25(34)28-17-19-10-4-2-5-11-19)24(33)27-15-9-8-14-21(16-22(31)32)20-12-6-3-7-13-20/h2-7,10-13,21H,8-9,14-17H2,1H3,(H,27,33)(H,31,32)(H2,28,29,30,34)/t21-/m0/s1. The van der Waals surface area contributed by atoms with Crippen LogP contribution in [-0.2, 0) is 11.3 Å². The van der Waals surface area contributed by atoms with Gasteiger partial charge in [0.2, 0.25) is 0 Å². The molecule has 2 aromatic carbocycles. The molecule has 8 nitrogen and oxygen atoms in total. The van der Waals surface area contributed by atoms with Crippen LogP contribution in [0.3, 0.4) is 0 Å². The SMILES string of the molecule is Cc1nc(NC(=O)NCc2ccccc2)sc1C(=O)NCCCC[C@@H](CC(=O)O)c1ccccc1. The summed E-state index contributed by atoms with van der Waals surface area (Å²) in [5, 5.41) is 17.9. The predicted octanol–water partition coefficient (Wildman–Crippen LogP) is 4.93. The van der Waals surface area contributed by atoms with Crippen molar-refractivity contribution in [2.75, 3.05) is 11.9 Å². The lowest BCUT2D eigenvalue weighted by Gasteiger charge is -2.15. The average molecular weight is 495 g/mol. The fourth-order valence-electron chi connectivity index (χ4n) is 3.70. The zero-order valence-electron chi connectivity index (χ0n) is 19.6. The number of hydrogen-bond donors (Lipinski definition) is 4. The molecule has 1 atom stereocenters. The minimum atomic E-state index is -0.814. The van der Waals surface area contributed by atoms with Gasteiger partial charge in [-0.2, -0.15) is 0 Å². The molecule has 0 bridgehead atoms. The zero-order valence-corrected chi connectivity index (χ0v) is 20.4. The van der Waals surface area contributed by atoms with Crippen molar-refractivity contribution in [3.8, 4) is 0 Å². The lowest BCUT2D eigenvalue weighted by molar-refractivity contribution is -0.137. The molecule has 1 aromatic heterocycles. The smallest absolute Gasteiger partial charge is 0.321 e. The summed E-state index contributed by atoms with van der Waals surface area (Å²) in [5.74, 6) is -1.09. The normalized spacial score (nSPS) is 11.5. The maximum atomic E-state index is 12.6. The number of nitrogens with zero attached hydrogens (tertiary/aromatic N) is 1. The van der Waals surface area contributed by atoms with Crippen molar-refractivity contribution < 1.29 is 19.5 Å². The first kappa shape index (κ1) is 25.9. The Hall–Kier alpha value is -3.72. The van der Waals surface area contributed by atoms with Gasteiger partial charge >= 0.3 is 12.0 Å². The monoisotopic (exact) mass is 494 g/mol. The number of aliphatic carboxylic acids is 1. The van der Waals surface area contributed by atoms with Crippen LogP contribution in [0.4, 0.5) is 9.93 Å². The zero-order chi connectivity index (χ0) is 25.0. The van der Waals surface area contributed by atoms with E-state index < -0.39 is 5.97 Å². The van der Waals surface area contributed by atoms with Gasteiger partial charge in [-0.1, -0.05) is 78.4 Å². The summed E-state index contributed by atoms with van der Waals surface area (Å²) in [6.07, 6.45) is 2.35. The number of urea groups is 1. The molecule has 0 saturated heterocycles. The van der Waals surface area contributed by atoms with E-state index in [-0.39, 0.29) is 24.3 Å².